The number of nitrogens with zero attached hydrogens (tertiary/aromatic N) is 2. The van der Waals surface area contributed by atoms with Crippen LogP contribution >= 0.6 is 43.2 Å². The number of anilines is 2. The van der Waals surface area contributed by atoms with Gasteiger partial charge in [0, 0.05) is 14.7 Å². The molecule has 2 aromatic rings. The third kappa shape index (κ3) is 2.72. The fourth-order valence-corrected chi connectivity index (χ4v) is 2.86. The van der Waals surface area contributed by atoms with Crippen LogP contribution in [0.4, 0.5) is 11.6 Å². The Morgan fingerprint density at radius 3 is 2.88 bits per heavy atom. The Balaban J connectivity index is 2.07. The fourth-order valence-electron chi connectivity index (χ4n) is 1.12. The summed E-state index contributed by atoms with van der Waals surface area (Å²) in [5.41, 5.74) is 5.65. The number of hydrogen-bond acceptors (Lipinski definition) is 5. The molecule has 0 aliphatic carbocycles. The summed E-state index contributed by atoms with van der Waals surface area (Å²) in [7, 11) is 0. The van der Waals surface area contributed by atoms with Gasteiger partial charge in [-0.05, 0) is 37.9 Å². The molecule has 16 heavy (non-hydrogen) atoms. The number of nitrogen functional groups attached to an aromatic ring is 1. The van der Waals surface area contributed by atoms with Crippen LogP contribution < -0.4 is 11.1 Å². The molecule has 3 N–H and O–H groups in total. The Morgan fingerprint density at radius 2 is 2.19 bits per heavy atom. The normalized spacial score (nSPS) is 10.4. The number of rotatable bonds is 3. The van der Waals surface area contributed by atoms with E-state index in [1.165, 1.54) is 11.2 Å². The van der Waals surface area contributed by atoms with Crippen LogP contribution in [0.15, 0.2) is 26.7 Å². The second kappa shape index (κ2) is 5.11. The van der Waals surface area contributed by atoms with E-state index < -0.39 is 0 Å². The molecule has 2 heterocycles. The van der Waals surface area contributed by atoms with E-state index >= 15 is 0 Å². The zero-order valence-corrected chi connectivity index (χ0v) is 12.1. The van der Waals surface area contributed by atoms with Gasteiger partial charge in [0.1, 0.15) is 22.4 Å². The van der Waals surface area contributed by atoms with Gasteiger partial charge in [0.2, 0.25) is 0 Å². The summed E-state index contributed by atoms with van der Waals surface area (Å²) in [6.45, 7) is 0.714. The minimum absolute atomic E-state index is 0.435. The van der Waals surface area contributed by atoms with Crippen molar-refractivity contribution in [3.63, 3.8) is 0 Å². The Hall–Kier alpha value is -0.660. The molecule has 0 aromatic carbocycles. The maximum absolute atomic E-state index is 5.65. The molecule has 0 radical (unpaired) electrons. The molecule has 0 aliphatic heterocycles. The molecule has 0 unspecified atom stereocenters. The number of nitrogens with two attached hydrogens (primary N) is 1. The Kier molecular flexibility index (Phi) is 3.78. The van der Waals surface area contributed by atoms with Gasteiger partial charge in [-0.15, -0.1) is 11.3 Å². The van der Waals surface area contributed by atoms with Crippen LogP contribution in [-0.4, -0.2) is 9.97 Å². The first-order valence-corrected chi connectivity index (χ1v) is 6.86. The van der Waals surface area contributed by atoms with E-state index in [1.54, 1.807) is 11.3 Å². The smallest absolute Gasteiger partial charge is 0.146 e. The largest absolute Gasteiger partial charge is 0.383 e. The summed E-state index contributed by atoms with van der Waals surface area (Å²) in [4.78, 5) is 9.20. The number of aromatic nitrogens is 2. The molecule has 0 spiro atoms. The third-order valence-electron chi connectivity index (χ3n) is 1.87. The highest BCUT2D eigenvalue weighted by Gasteiger charge is 2.05. The summed E-state index contributed by atoms with van der Waals surface area (Å²) in [6, 6.07) is 2.07. The Morgan fingerprint density at radius 1 is 1.38 bits per heavy atom. The quantitative estimate of drug-likeness (QED) is 0.878. The second-order valence-corrected chi connectivity index (χ2v) is 5.71. The molecule has 0 saturated heterocycles. The lowest BCUT2D eigenvalue weighted by Gasteiger charge is -2.06. The first-order chi connectivity index (χ1) is 7.66. The van der Waals surface area contributed by atoms with Crippen LogP contribution in [0.3, 0.4) is 0 Å². The van der Waals surface area contributed by atoms with Gasteiger partial charge >= 0.3 is 0 Å². The molecule has 84 valence electrons. The molecule has 4 nitrogen and oxygen atoms in total. The van der Waals surface area contributed by atoms with Crippen LogP contribution in [-0.2, 0) is 6.54 Å². The first kappa shape index (κ1) is 11.8. The van der Waals surface area contributed by atoms with Crippen molar-refractivity contribution in [2.75, 3.05) is 11.1 Å². The van der Waals surface area contributed by atoms with E-state index in [4.69, 9.17) is 5.73 Å². The van der Waals surface area contributed by atoms with Gasteiger partial charge in [0.15, 0.2) is 0 Å². The molecule has 0 amide bonds. The average molecular weight is 364 g/mol. The van der Waals surface area contributed by atoms with Crippen molar-refractivity contribution in [2.45, 2.75) is 6.54 Å². The standard InChI is InChI=1S/C9H8Br2N4S/c10-5-1-6(16-3-5)2-13-9-7(11)8(12)14-4-15-9/h1,3-4H,2H2,(H3,12,13,14,15). The van der Waals surface area contributed by atoms with Crippen LogP contribution in [0.5, 0.6) is 0 Å². The van der Waals surface area contributed by atoms with Crippen LogP contribution in [0.25, 0.3) is 0 Å². The third-order valence-corrected chi connectivity index (χ3v) is 4.35. The van der Waals surface area contributed by atoms with Crippen molar-refractivity contribution in [1.29, 1.82) is 0 Å². The maximum atomic E-state index is 5.65. The van der Waals surface area contributed by atoms with Gasteiger partial charge in [0.05, 0.1) is 6.54 Å². The number of thiophene rings is 1. The van der Waals surface area contributed by atoms with Gasteiger partial charge in [0.25, 0.3) is 0 Å². The predicted octanol–water partition coefficient (Wildman–Crippen LogP) is 3.26. The zero-order valence-electron chi connectivity index (χ0n) is 8.08. The van der Waals surface area contributed by atoms with E-state index in [0.717, 1.165) is 4.47 Å². The number of nitrogens with one attached hydrogen (secondary N) is 1. The Labute approximate surface area is 114 Å². The van der Waals surface area contributed by atoms with E-state index in [2.05, 4.69) is 53.2 Å². The summed E-state index contributed by atoms with van der Waals surface area (Å²) >= 11 is 8.43. The first-order valence-electron chi connectivity index (χ1n) is 4.39. The molecule has 0 bridgehead atoms. The lowest BCUT2D eigenvalue weighted by molar-refractivity contribution is 1.09. The van der Waals surface area contributed by atoms with Crippen molar-refractivity contribution in [3.8, 4) is 0 Å². The molecular formula is C9H8Br2N4S. The predicted molar refractivity (Wildman–Crippen MR) is 73.5 cm³/mol. The van der Waals surface area contributed by atoms with Gasteiger partial charge < -0.3 is 11.1 Å². The SMILES string of the molecule is Nc1ncnc(NCc2cc(Br)cs2)c1Br. The minimum Gasteiger partial charge on any atom is -0.383 e. The highest BCUT2D eigenvalue weighted by atomic mass is 79.9. The topological polar surface area (TPSA) is 63.8 Å². The Bertz CT molecular complexity index is 500. The van der Waals surface area contributed by atoms with Gasteiger partial charge in [-0.1, -0.05) is 0 Å². The zero-order chi connectivity index (χ0) is 11.5. The van der Waals surface area contributed by atoms with E-state index in [-0.39, 0.29) is 0 Å². The van der Waals surface area contributed by atoms with Crippen LogP contribution in [0.2, 0.25) is 0 Å². The van der Waals surface area contributed by atoms with Crippen LogP contribution in [0, 0.1) is 0 Å². The summed E-state index contributed by atoms with van der Waals surface area (Å²) < 4.78 is 1.79. The molecular weight excluding hydrogens is 356 g/mol. The van der Waals surface area contributed by atoms with Crippen molar-refractivity contribution >= 4 is 54.8 Å². The van der Waals surface area contributed by atoms with Gasteiger partial charge in [-0.25, -0.2) is 9.97 Å². The van der Waals surface area contributed by atoms with Crippen LogP contribution in [0.1, 0.15) is 4.88 Å². The van der Waals surface area contributed by atoms with Crippen molar-refractivity contribution < 1.29 is 0 Å². The van der Waals surface area contributed by atoms with E-state index in [9.17, 15) is 0 Å². The summed E-state index contributed by atoms with van der Waals surface area (Å²) in [5.74, 6) is 1.14. The lowest BCUT2D eigenvalue weighted by Crippen LogP contribution is -2.03. The molecule has 7 heteroatoms. The maximum Gasteiger partial charge on any atom is 0.146 e. The number of halogens is 2. The average Bonchev–Trinajstić information content (AvgIpc) is 2.67. The lowest BCUT2D eigenvalue weighted by atomic mass is 10.4. The van der Waals surface area contributed by atoms with E-state index in [0.29, 0.717) is 22.7 Å². The summed E-state index contributed by atoms with van der Waals surface area (Å²) in [6.07, 6.45) is 1.44. The highest BCUT2D eigenvalue weighted by molar-refractivity contribution is 9.11. The van der Waals surface area contributed by atoms with Gasteiger partial charge in [-0.3, -0.25) is 0 Å². The highest BCUT2D eigenvalue weighted by Crippen LogP contribution is 2.25. The summed E-state index contributed by atoms with van der Waals surface area (Å²) in [5, 5.41) is 5.24. The van der Waals surface area contributed by atoms with Gasteiger partial charge in [-0.2, -0.15) is 0 Å². The fraction of sp³-hybridized carbons (Fsp3) is 0.111. The molecule has 2 rings (SSSR count). The second-order valence-electron chi connectivity index (χ2n) is 3.01. The number of hydrogen-bond donors (Lipinski definition) is 2. The minimum atomic E-state index is 0.435. The molecule has 0 aliphatic rings. The molecule has 0 fully saturated rings. The molecule has 0 saturated carbocycles. The van der Waals surface area contributed by atoms with Crippen molar-refractivity contribution in [1.82, 2.24) is 9.97 Å². The van der Waals surface area contributed by atoms with Crippen molar-refractivity contribution in [3.05, 3.63) is 31.6 Å². The molecule has 2 aromatic heterocycles. The van der Waals surface area contributed by atoms with E-state index in [1.807, 2.05) is 5.38 Å². The molecule has 0 atom stereocenters. The monoisotopic (exact) mass is 362 g/mol. The van der Waals surface area contributed by atoms with Crippen molar-refractivity contribution in [2.24, 2.45) is 0 Å².